The minimum absolute atomic E-state index is 0.211. The highest BCUT2D eigenvalue weighted by atomic mass is 19.1. The molecule has 1 aromatic carbocycles. The molecule has 0 amide bonds. The Hall–Kier alpha value is -2.76. The lowest BCUT2D eigenvalue weighted by molar-refractivity contribution is 0.00863. The van der Waals surface area contributed by atoms with Crippen molar-refractivity contribution in [3.8, 4) is 6.07 Å². The number of aryl methyl sites for hydroxylation is 1. The molecule has 4 rings (SSSR count). The number of hydrogen-bond donors (Lipinski definition) is 1. The highest BCUT2D eigenvalue weighted by molar-refractivity contribution is 5.76. The maximum atomic E-state index is 14.3. The van der Waals surface area contributed by atoms with E-state index < -0.39 is 12.3 Å². The number of benzene rings is 1. The summed E-state index contributed by atoms with van der Waals surface area (Å²) in [5.41, 5.74) is 3.18. The molecule has 2 atom stereocenters. The first-order chi connectivity index (χ1) is 12.6. The van der Waals surface area contributed by atoms with Crippen molar-refractivity contribution in [1.29, 1.82) is 5.26 Å². The number of likely N-dealkylation sites (tertiary alicyclic amines) is 1. The van der Waals surface area contributed by atoms with Crippen molar-refractivity contribution in [2.45, 2.75) is 25.4 Å². The van der Waals surface area contributed by atoms with E-state index in [1.54, 1.807) is 29.1 Å². The van der Waals surface area contributed by atoms with E-state index in [2.05, 4.69) is 21.1 Å². The van der Waals surface area contributed by atoms with E-state index in [4.69, 9.17) is 10.00 Å². The van der Waals surface area contributed by atoms with E-state index >= 15 is 0 Å². The van der Waals surface area contributed by atoms with Gasteiger partial charge in [0.05, 0.1) is 28.9 Å². The largest absolute Gasteiger partial charge is 0.366 e. The highest BCUT2D eigenvalue weighted by Crippen LogP contribution is 2.21. The van der Waals surface area contributed by atoms with Crippen molar-refractivity contribution < 1.29 is 9.13 Å². The van der Waals surface area contributed by atoms with Crippen molar-refractivity contribution in [2.75, 3.05) is 13.1 Å². The van der Waals surface area contributed by atoms with Gasteiger partial charge >= 0.3 is 0 Å². The molecular weight excluding hydrogens is 335 g/mol. The van der Waals surface area contributed by atoms with Gasteiger partial charge in [-0.3, -0.25) is 9.58 Å². The number of H-pyrrole nitrogens is 1. The molecule has 134 valence electrons. The molecule has 0 bridgehead atoms. The van der Waals surface area contributed by atoms with Gasteiger partial charge in [0.15, 0.2) is 0 Å². The van der Waals surface area contributed by atoms with Gasteiger partial charge < -0.3 is 9.72 Å². The first-order valence-corrected chi connectivity index (χ1v) is 8.45. The first kappa shape index (κ1) is 16.7. The Kier molecular flexibility index (Phi) is 4.41. The Morgan fingerprint density at radius 2 is 2.31 bits per heavy atom. The minimum atomic E-state index is -1.03. The van der Waals surface area contributed by atoms with Crippen LogP contribution in [0.5, 0.6) is 0 Å². The smallest absolute Gasteiger partial charge is 0.140 e. The van der Waals surface area contributed by atoms with Crippen LogP contribution in [0.3, 0.4) is 0 Å². The third kappa shape index (κ3) is 3.45. The number of hydrogen-bond acceptors (Lipinski definition) is 5. The number of imidazole rings is 1. The molecule has 0 spiro atoms. The lowest BCUT2D eigenvalue weighted by Gasteiger charge is -2.14. The van der Waals surface area contributed by atoms with E-state index in [9.17, 15) is 4.39 Å². The number of nitrogens with zero attached hydrogens (tertiary/aromatic N) is 5. The Bertz CT molecular complexity index is 958. The third-order valence-electron chi connectivity index (χ3n) is 4.53. The Morgan fingerprint density at radius 3 is 3.08 bits per heavy atom. The summed E-state index contributed by atoms with van der Waals surface area (Å²) in [5, 5.41) is 13.1. The van der Waals surface area contributed by atoms with Crippen LogP contribution in [0.1, 0.15) is 17.0 Å². The molecular formula is C18H19FN6O. The summed E-state index contributed by atoms with van der Waals surface area (Å²) in [6, 6.07) is 7.35. The minimum Gasteiger partial charge on any atom is -0.366 e. The van der Waals surface area contributed by atoms with Crippen LogP contribution in [-0.2, 0) is 24.9 Å². The number of alkyl halides is 1. The normalized spacial score (nSPS) is 20.7. The van der Waals surface area contributed by atoms with E-state index in [1.165, 1.54) is 0 Å². The van der Waals surface area contributed by atoms with Crippen LogP contribution in [0.4, 0.5) is 4.39 Å². The van der Waals surface area contributed by atoms with Crippen LogP contribution >= 0.6 is 0 Å². The van der Waals surface area contributed by atoms with Crippen LogP contribution in [0.25, 0.3) is 11.0 Å². The molecule has 0 unspecified atom stereocenters. The molecule has 8 heteroatoms. The molecule has 7 nitrogen and oxygen atoms in total. The summed E-state index contributed by atoms with van der Waals surface area (Å²) in [4.78, 5) is 9.59. The van der Waals surface area contributed by atoms with Gasteiger partial charge in [-0.05, 0) is 18.2 Å². The standard InChI is InChI=1S/C18H19FN6O/c1-24-7-13(6-21-24)8-25-9-14(19)17(10-25)26-11-18-22-15-3-2-12(5-20)4-16(15)23-18/h2-4,6-7,14,17H,8-11H2,1H3,(H,22,23)/t14-,17+/m1/s1. The summed E-state index contributed by atoms with van der Waals surface area (Å²) in [7, 11) is 1.87. The van der Waals surface area contributed by atoms with Crippen LogP contribution in [0.15, 0.2) is 30.6 Å². The zero-order chi connectivity index (χ0) is 18.1. The Morgan fingerprint density at radius 1 is 1.42 bits per heavy atom. The van der Waals surface area contributed by atoms with Gasteiger partial charge in [0.1, 0.15) is 24.7 Å². The van der Waals surface area contributed by atoms with Crippen LogP contribution in [0.2, 0.25) is 0 Å². The van der Waals surface area contributed by atoms with Crippen molar-refractivity contribution in [1.82, 2.24) is 24.6 Å². The maximum absolute atomic E-state index is 14.3. The van der Waals surface area contributed by atoms with Gasteiger partial charge in [-0.25, -0.2) is 9.37 Å². The van der Waals surface area contributed by atoms with Crippen molar-refractivity contribution in [3.05, 3.63) is 47.5 Å². The van der Waals surface area contributed by atoms with Crippen LogP contribution in [-0.4, -0.2) is 50.0 Å². The molecule has 2 aromatic heterocycles. The number of nitrogens with one attached hydrogen (secondary N) is 1. The highest BCUT2D eigenvalue weighted by Gasteiger charge is 2.33. The van der Waals surface area contributed by atoms with Crippen molar-refractivity contribution in [3.63, 3.8) is 0 Å². The molecule has 1 N–H and O–H groups in total. The van der Waals surface area contributed by atoms with Crippen molar-refractivity contribution >= 4 is 11.0 Å². The zero-order valence-corrected chi connectivity index (χ0v) is 14.4. The van der Waals surface area contributed by atoms with Crippen LogP contribution < -0.4 is 0 Å². The summed E-state index contributed by atoms with van der Waals surface area (Å²) in [5.74, 6) is 0.632. The number of aromatic amines is 1. The predicted octanol–water partition coefficient (Wildman–Crippen LogP) is 1.91. The van der Waals surface area contributed by atoms with Gasteiger partial charge in [-0.2, -0.15) is 10.4 Å². The number of halogens is 1. The molecule has 3 heterocycles. The van der Waals surface area contributed by atoms with Gasteiger partial charge in [-0.1, -0.05) is 0 Å². The van der Waals surface area contributed by atoms with E-state index in [-0.39, 0.29) is 6.61 Å². The molecule has 1 aliphatic heterocycles. The summed E-state index contributed by atoms with van der Waals surface area (Å²) in [6.07, 6.45) is 2.23. The first-order valence-electron chi connectivity index (χ1n) is 8.45. The second-order valence-corrected chi connectivity index (χ2v) is 6.61. The van der Waals surface area contributed by atoms with E-state index in [0.29, 0.717) is 31.0 Å². The molecule has 26 heavy (non-hydrogen) atoms. The number of fused-ring (bicyclic) bond motifs is 1. The number of rotatable bonds is 5. The van der Waals surface area contributed by atoms with E-state index in [0.717, 1.165) is 16.6 Å². The van der Waals surface area contributed by atoms with Crippen LogP contribution in [0, 0.1) is 11.3 Å². The molecule has 0 saturated carbocycles. The Labute approximate surface area is 150 Å². The third-order valence-corrected chi connectivity index (χ3v) is 4.53. The summed E-state index contributed by atoms with van der Waals surface area (Å²) >= 11 is 0. The maximum Gasteiger partial charge on any atom is 0.140 e. The topological polar surface area (TPSA) is 82.8 Å². The molecule has 1 saturated heterocycles. The lowest BCUT2D eigenvalue weighted by atomic mass is 10.2. The van der Waals surface area contributed by atoms with Gasteiger partial charge in [0, 0.05) is 38.4 Å². The van der Waals surface area contributed by atoms with Crippen molar-refractivity contribution in [2.24, 2.45) is 7.05 Å². The fourth-order valence-corrected chi connectivity index (χ4v) is 3.29. The molecule has 3 aromatic rings. The van der Waals surface area contributed by atoms with Gasteiger partial charge in [-0.15, -0.1) is 0 Å². The van der Waals surface area contributed by atoms with Gasteiger partial charge in [0.2, 0.25) is 0 Å². The zero-order valence-electron chi connectivity index (χ0n) is 14.4. The fourth-order valence-electron chi connectivity index (χ4n) is 3.29. The second-order valence-electron chi connectivity index (χ2n) is 6.61. The molecule has 0 radical (unpaired) electrons. The molecule has 0 aliphatic carbocycles. The monoisotopic (exact) mass is 354 g/mol. The number of aromatic nitrogens is 4. The Balaban J connectivity index is 1.36. The average Bonchev–Trinajstić information content (AvgIpc) is 3.31. The summed E-state index contributed by atoms with van der Waals surface area (Å²) < 4.78 is 21.8. The quantitative estimate of drug-likeness (QED) is 0.757. The van der Waals surface area contributed by atoms with E-state index in [1.807, 2.05) is 18.1 Å². The molecule has 1 fully saturated rings. The number of ether oxygens (including phenoxy) is 1. The molecule has 1 aliphatic rings. The number of nitriles is 1. The fraction of sp³-hybridized carbons (Fsp3) is 0.389. The predicted molar refractivity (Wildman–Crippen MR) is 92.8 cm³/mol. The second kappa shape index (κ2) is 6.86. The SMILES string of the molecule is Cn1cc(CN2C[C@@H](F)[C@@H](OCc3nc4ccc(C#N)cc4[nH]3)C2)cn1. The summed E-state index contributed by atoms with van der Waals surface area (Å²) in [6.45, 7) is 1.76. The average molecular weight is 354 g/mol. The van der Waals surface area contributed by atoms with Gasteiger partial charge in [0.25, 0.3) is 0 Å². The lowest BCUT2D eigenvalue weighted by Crippen LogP contribution is -2.24.